The van der Waals surface area contributed by atoms with Crippen LogP contribution in [0.25, 0.3) is 0 Å². The first-order valence-corrected chi connectivity index (χ1v) is 8.65. The quantitative estimate of drug-likeness (QED) is 0.590. The molecule has 26 heavy (non-hydrogen) atoms. The van der Waals surface area contributed by atoms with Crippen molar-refractivity contribution in [3.05, 3.63) is 29.3 Å². The van der Waals surface area contributed by atoms with E-state index in [4.69, 9.17) is 0 Å². The molecular weight excluding hydrogens is 383 g/mol. The Kier molecular flexibility index (Phi) is 4.83. The molecular formula is C14H14F3NO7S. The van der Waals surface area contributed by atoms with Gasteiger partial charge in [0, 0.05) is 6.54 Å². The number of rotatable bonds is 4. The maximum absolute atomic E-state index is 12.4. The molecule has 1 heterocycles. The number of aliphatic carboxylic acids is 1. The Labute approximate surface area is 145 Å². The first kappa shape index (κ1) is 19.8. The van der Waals surface area contributed by atoms with Crippen molar-refractivity contribution in [3.63, 3.8) is 0 Å². The van der Waals surface area contributed by atoms with Crippen LogP contribution in [-0.4, -0.2) is 47.6 Å². The molecule has 0 bridgehead atoms. The second-order valence-electron chi connectivity index (χ2n) is 5.51. The first-order valence-electron chi connectivity index (χ1n) is 7.25. The summed E-state index contributed by atoms with van der Waals surface area (Å²) in [6.45, 7) is 1.23. The molecule has 2 N–H and O–H groups in total. The third-order valence-corrected chi connectivity index (χ3v) is 5.15. The largest absolute Gasteiger partial charge is 0.534 e. The topological polar surface area (TPSA) is 121 Å². The number of halogens is 3. The van der Waals surface area contributed by atoms with Crippen molar-refractivity contribution in [2.75, 3.05) is 6.54 Å². The lowest BCUT2D eigenvalue weighted by molar-refractivity contribution is -0.152. The normalized spacial score (nSPS) is 20.4. The minimum Gasteiger partial charge on any atom is -0.479 e. The molecule has 0 aromatic heterocycles. The summed E-state index contributed by atoms with van der Waals surface area (Å²) >= 11 is 0. The highest BCUT2D eigenvalue weighted by Gasteiger charge is 2.51. The Morgan fingerprint density at radius 2 is 1.92 bits per heavy atom. The Hall–Kier alpha value is -2.50. The molecule has 0 saturated carbocycles. The summed E-state index contributed by atoms with van der Waals surface area (Å²) in [6.07, 6.45) is -1.61. The summed E-state index contributed by atoms with van der Waals surface area (Å²) in [5, 5.41) is 18.9. The third-order valence-electron chi connectivity index (χ3n) is 4.17. The Bertz CT molecular complexity index is 853. The Morgan fingerprint density at radius 1 is 1.31 bits per heavy atom. The number of nitrogens with zero attached hydrogens (tertiary/aromatic N) is 1. The second kappa shape index (κ2) is 6.34. The van der Waals surface area contributed by atoms with Crippen LogP contribution in [0.15, 0.2) is 18.2 Å². The summed E-state index contributed by atoms with van der Waals surface area (Å²) in [6, 6.07) is 2.91. The van der Waals surface area contributed by atoms with E-state index in [-0.39, 0.29) is 30.5 Å². The molecule has 1 aliphatic heterocycles. The molecule has 2 rings (SSSR count). The number of hydrogen-bond acceptors (Lipinski definition) is 5. The molecule has 1 amide bonds. The number of hydrogen-bond donors (Lipinski definition) is 2. The highest BCUT2D eigenvalue weighted by Crippen LogP contribution is 2.40. The maximum atomic E-state index is 12.4. The standard InChI is InChI=1S/C14H14F3NO7S/c1-2-13(11(19)20)10-4-3-9(25-26(23,24)14(15,16)17)7-8(10)5-6-18(13)12(21)22/h3-4,7H,2,5-6H2,1H3,(H,19,20)(H,21,22). The van der Waals surface area contributed by atoms with Crippen molar-refractivity contribution in [1.29, 1.82) is 0 Å². The van der Waals surface area contributed by atoms with Gasteiger partial charge in [-0.25, -0.2) is 9.59 Å². The lowest BCUT2D eigenvalue weighted by atomic mass is 9.78. The molecule has 0 spiro atoms. The van der Waals surface area contributed by atoms with E-state index in [2.05, 4.69) is 4.18 Å². The highest BCUT2D eigenvalue weighted by atomic mass is 32.2. The zero-order valence-corrected chi connectivity index (χ0v) is 14.1. The zero-order chi connectivity index (χ0) is 19.9. The second-order valence-corrected chi connectivity index (χ2v) is 7.04. The van der Waals surface area contributed by atoms with Crippen LogP contribution in [0.3, 0.4) is 0 Å². The van der Waals surface area contributed by atoms with Gasteiger partial charge in [-0.3, -0.25) is 4.90 Å². The molecule has 0 aliphatic carbocycles. The predicted octanol–water partition coefficient (Wildman–Crippen LogP) is 2.14. The average Bonchev–Trinajstić information content (AvgIpc) is 2.51. The van der Waals surface area contributed by atoms with Crippen molar-refractivity contribution < 1.29 is 45.6 Å². The van der Waals surface area contributed by atoms with Crippen LogP contribution >= 0.6 is 0 Å². The molecule has 1 aliphatic rings. The van der Waals surface area contributed by atoms with Crippen molar-refractivity contribution in [3.8, 4) is 5.75 Å². The predicted molar refractivity (Wildman–Crippen MR) is 80.1 cm³/mol. The van der Waals surface area contributed by atoms with Crippen molar-refractivity contribution in [1.82, 2.24) is 4.90 Å². The van der Waals surface area contributed by atoms with Gasteiger partial charge in [-0.05, 0) is 36.1 Å². The number of alkyl halides is 3. The van der Waals surface area contributed by atoms with Crippen LogP contribution in [0.4, 0.5) is 18.0 Å². The van der Waals surface area contributed by atoms with Crippen LogP contribution in [0, 0.1) is 0 Å². The van der Waals surface area contributed by atoms with Gasteiger partial charge >= 0.3 is 27.7 Å². The zero-order valence-electron chi connectivity index (χ0n) is 13.3. The van der Waals surface area contributed by atoms with Gasteiger partial charge in [-0.15, -0.1) is 0 Å². The van der Waals surface area contributed by atoms with Crippen LogP contribution in [-0.2, 0) is 26.9 Å². The number of carboxylic acids is 1. The molecule has 1 aromatic carbocycles. The highest BCUT2D eigenvalue weighted by molar-refractivity contribution is 7.88. The molecule has 1 unspecified atom stereocenters. The van der Waals surface area contributed by atoms with Gasteiger partial charge in [0.25, 0.3) is 0 Å². The summed E-state index contributed by atoms with van der Waals surface area (Å²) in [7, 11) is -5.87. The van der Waals surface area contributed by atoms with Crippen molar-refractivity contribution >= 4 is 22.2 Å². The van der Waals surface area contributed by atoms with E-state index in [1.54, 1.807) is 0 Å². The number of fused-ring (bicyclic) bond motifs is 1. The lowest BCUT2D eigenvalue weighted by Gasteiger charge is -2.43. The lowest BCUT2D eigenvalue weighted by Crippen LogP contribution is -2.57. The van der Waals surface area contributed by atoms with E-state index >= 15 is 0 Å². The SMILES string of the molecule is CCC1(C(=O)O)c2ccc(OS(=O)(=O)C(F)(F)F)cc2CCN1C(=O)O. The van der Waals surface area contributed by atoms with E-state index in [1.165, 1.54) is 6.92 Å². The minimum atomic E-state index is -5.87. The molecule has 0 radical (unpaired) electrons. The van der Waals surface area contributed by atoms with Gasteiger partial charge in [-0.2, -0.15) is 21.6 Å². The van der Waals surface area contributed by atoms with Crippen LogP contribution in [0.2, 0.25) is 0 Å². The average molecular weight is 397 g/mol. The number of benzene rings is 1. The Balaban J connectivity index is 2.54. The summed E-state index contributed by atoms with van der Waals surface area (Å²) in [5.41, 5.74) is -7.29. The van der Waals surface area contributed by atoms with E-state index in [0.717, 1.165) is 23.1 Å². The fraction of sp³-hybridized carbons (Fsp3) is 0.429. The van der Waals surface area contributed by atoms with Gasteiger partial charge in [-0.1, -0.05) is 13.0 Å². The van der Waals surface area contributed by atoms with Crippen molar-refractivity contribution in [2.45, 2.75) is 30.8 Å². The fourth-order valence-electron chi connectivity index (χ4n) is 3.00. The summed E-state index contributed by atoms with van der Waals surface area (Å²) in [4.78, 5) is 24.0. The van der Waals surface area contributed by atoms with E-state index in [0.29, 0.717) is 0 Å². The van der Waals surface area contributed by atoms with Crippen molar-refractivity contribution in [2.24, 2.45) is 0 Å². The monoisotopic (exact) mass is 397 g/mol. The molecule has 12 heteroatoms. The summed E-state index contributed by atoms with van der Waals surface area (Å²) in [5.74, 6) is -2.08. The van der Waals surface area contributed by atoms with E-state index in [1.807, 2.05) is 0 Å². The van der Waals surface area contributed by atoms with E-state index < -0.39 is 39.0 Å². The van der Waals surface area contributed by atoms with E-state index in [9.17, 15) is 41.4 Å². The molecule has 1 atom stereocenters. The number of amides is 1. The molecule has 1 aromatic rings. The van der Waals surface area contributed by atoms with Crippen LogP contribution < -0.4 is 4.18 Å². The van der Waals surface area contributed by atoms with Gasteiger partial charge in [0.2, 0.25) is 0 Å². The number of carboxylic acid groups (broad SMARTS) is 2. The third kappa shape index (κ3) is 3.04. The van der Waals surface area contributed by atoms with Crippen LogP contribution in [0.5, 0.6) is 5.75 Å². The van der Waals surface area contributed by atoms with Gasteiger partial charge in [0.05, 0.1) is 0 Å². The minimum absolute atomic E-state index is 0.0140. The molecule has 8 nitrogen and oxygen atoms in total. The van der Waals surface area contributed by atoms with Gasteiger partial charge < -0.3 is 14.4 Å². The fourth-order valence-corrected chi connectivity index (χ4v) is 3.45. The van der Waals surface area contributed by atoms with Gasteiger partial charge in [0.15, 0.2) is 5.54 Å². The first-order chi connectivity index (χ1) is 11.9. The maximum Gasteiger partial charge on any atom is 0.534 e. The molecule has 144 valence electrons. The summed E-state index contributed by atoms with van der Waals surface area (Å²) < 4.78 is 63.5. The number of carbonyl (C=O) groups is 2. The smallest absolute Gasteiger partial charge is 0.479 e. The molecule has 0 saturated heterocycles. The van der Waals surface area contributed by atoms with Crippen LogP contribution in [0.1, 0.15) is 24.5 Å². The van der Waals surface area contributed by atoms with Gasteiger partial charge in [0.1, 0.15) is 5.75 Å². The molecule has 0 fully saturated rings. The Morgan fingerprint density at radius 3 is 2.38 bits per heavy atom.